The van der Waals surface area contributed by atoms with Crippen LogP contribution < -0.4 is 11.1 Å². The van der Waals surface area contributed by atoms with E-state index >= 15 is 0 Å². The number of carbonyl (C=O) groups excluding carboxylic acids is 1. The molecule has 0 aromatic carbocycles. The average Bonchev–Trinajstić information content (AvgIpc) is 2.48. The third-order valence-electron chi connectivity index (χ3n) is 5.86. The standard InChI is InChI=1S/C17H33N3O2.2ClH/c1-5-22-14-12-17(18,16(14,3)4)15(21)19-9-11-20-10-7-6-8-13(20)2;;/h13-14H,5-12,18H2,1-4H3,(H,19,21);2*1H. The quantitative estimate of drug-likeness (QED) is 0.738. The molecule has 3 unspecified atom stereocenters. The van der Waals surface area contributed by atoms with Crippen LogP contribution in [-0.4, -0.2) is 54.7 Å². The molecule has 7 heteroatoms. The Morgan fingerprint density at radius 3 is 2.54 bits per heavy atom. The van der Waals surface area contributed by atoms with Gasteiger partial charge in [0.1, 0.15) is 5.54 Å². The average molecular weight is 384 g/mol. The second-order valence-corrected chi connectivity index (χ2v) is 7.48. The lowest BCUT2D eigenvalue weighted by Gasteiger charge is -2.57. The third-order valence-corrected chi connectivity index (χ3v) is 5.86. The van der Waals surface area contributed by atoms with E-state index in [2.05, 4.69) is 17.1 Å². The highest BCUT2D eigenvalue weighted by Gasteiger charge is 2.62. The zero-order valence-electron chi connectivity index (χ0n) is 15.5. The van der Waals surface area contributed by atoms with E-state index in [0.717, 1.165) is 13.1 Å². The number of hydrogen-bond acceptors (Lipinski definition) is 4. The largest absolute Gasteiger partial charge is 0.378 e. The molecule has 24 heavy (non-hydrogen) atoms. The number of nitrogens with one attached hydrogen (secondary N) is 1. The minimum Gasteiger partial charge on any atom is -0.378 e. The van der Waals surface area contributed by atoms with Crippen LogP contribution in [0.25, 0.3) is 0 Å². The van der Waals surface area contributed by atoms with Crippen molar-refractivity contribution in [2.75, 3.05) is 26.2 Å². The van der Waals surface area contributed by atoms with E-state index in [0.29, 0.717) is 25.6 Å². The lowest BCUT2D eigenvalue weighted by molar-refractivity contribution is -0.170. The highest BCUT2D eigenvalue weighted by atomic mass is 35.5. The first-order valence-corrected chi connectivity index (χ1v) is 8.75. The summed E-state index contributed by atoms with van der Waals surface area (Å²) in [6.07, 6.45) is 4.54. The Labute approximate surface area is 159 Å². The number of amides is 1. The number of likely N-dealkylation sites (tertiary alicyclic amines) is 1. The molecule has 3 N–H and O–H groups in total. The highest BCUT2D eigenvalue weighted by molar-refractivity contribution is 5.88. The molecule has 1 aliphatic heterocycles. The second-order valence-electron chi connectivity index (χ2n) is 7.48. The zero-order valence-corrected chi connectivity index (χ0v) is 17.1. The minimum atomic E-state index is -0.805. The van der Waals surface area contributed by atoms with Crippen molar-refractivity contribution < 1.29 is 9.53 Å². The number of piperidine rings is 1. The van der Waals surface area contributed by atoms with E-state index in [4.69, 9.17) is 10.5 Å². The summed E-state index contributed by atoms with van der Waals surface area (Å²) in [5, 5.41) is 3.05. The third kappa shape index (κ3) is 4.55. The van der Waals surface area contributed by atoms with Crippen LogP contribution in [0.15, 0.2) is 0 Å². The molecule has 0 aromatic rings. The van der Waals surface area contributed by atoms with Gasteiger partial charge in [0.15, 0.2) is 0 Å². The molecule has 2 fully saturated rings. The fourth-order valence-corrected chi connectivity index (χ4v) is 3.78. The predicted molar refractivity (Wildman–Crippen MR) is 103 cm³/mol. The number of rotatable bonds is 6. The smallest absolute Gasteiger partial charge is 0.240 e. The fraction of sp³-hybridized carbons (Fsp3) is 0.941. The van der Waals surface area contributed by atoms with Crippen LogP contribution in [0.2, 0.25) is 0 Å². The molecule has 1 saturated heterocycles. The molecule has 0 spiro atoms. The molecule has 1 aliphatic carbocycles. The molecular formula is C17H35Cl2N3O2. The molecule has 2 rings (SSSR count). The maximum atomic E-state index is 12.5. The first kappa shape index (κ1) is 23.9. The summed E-state index contributed by atoms with van der Waals surface area (Å²) < 4.78 is 5.68. The predicted octanol–water partition coefficient (Wildman–Crippen LogP) is 2.35. The summed E-state index contributed by atoms with van der Waals surface area (Å²) in [6, 6.07) is 0.625. The number of nitrogens with two attached hydrogens (primary N) is 1. The van der Waals surface area contributed by atoms with Gasteiger partial charge in [-0.3, -0.25) is 9.69 Å². The van der Waals surface area contributed by atoms with Gasteiger partial charge in [0, 0.05) is 37.6 Å². The van der Waals surface area contributed by atoms with Gasteiger partial charge in [-0.15, -0.1) is 24.8 Å². The Kier molecular flexibility index (Phi) is 9.55. The maximum absolute atomic E-state index is 12.5. The number of halogens is 2. The summed E-state index contributed by atoms with van der Waals surface area (Å²) in [7, 11) is 0. The highest BCUT2D eigenvalue weighted by Crippen LogP contribution is 2.49. The summed E-state index contributed by atoms with van der Waals surface area (Å²) in [6.45, 7) is 11.7. The van der Waals surface area contributed by atoms with Crippen LogP contribution in [0.3, 0.4) is 0 Å². The normalized spacial score (nSPS) is 32.0. The topological polar surface area (TPSA) is 67.6 Å². The van der Waals surface area contributed by atoms with Crippen molar-refractivity contribution in [1.82, 2.24) is 10.2 Å². The second kappa shape index (κ2) is 9.58. The molecule has 0 bridgehead atoms. The molecule has 3 atom stereocenters. The lowest BCUT2D eigenvalue weighted by atomic mass is 9.54. The van der Waals surface area contributed by atoms with E-state index in [1.165, 1.54) is 19.3 Å². The van der Waals surface area contributed by atoms with Gasteiger partial charge in [-0.05, 0) is 33.2 Å². The Balaban J connectivity index is 0.00000264. The Hall–Kier alpha value is -0.0700. The van der Waals surface area contributed by atoms with Gasteiger partial charge in [-0.1, -0.05) is 20.3 Å². The van der Waals surface area contributed by atoms with Gasteiger partial charge in [-0.2, -0.15) is 0 Å². The van der Waals surface area contributed by atoms with E-state index in [1.807, 2.05) is 20.8 Å². The van der Waals surface area contributed by atoms with E-state index in [-0.39, 0.29) is 42.2 Å². The van der Waals surface area contributed by atoms with Crippen LogP contribution >= 0.6 is 24.8 Å². The van der Waals surface area contributed by atoms with Crippen LogP contribution in [0.5, 0.6) is 0 Å². The lowest BCUT2D eigenvalue weighted by Crippen LogP contribution is -2.76. The Morgan fingerprint density at radius 1 is 1.33 bits per heavy atom. The molecule has 1 amide bonds. The van der Waals surface area contributed by atoms with E-state index in [1.54, 1.807) is 0 Å². The van der Waals surface area contributed by atoms with Gasteiger partial charge < -0.3 is 15.8 Å². The minimum absolute atomic E-state index is 0. The Morgan fingerprint density at radius 2 is 2.00 bits per heavy atom. The molecule has 0 aromatic heterocycles. The molecular weight excluding hydrogens is 349 g/mol. The van der Waals surface area contributed by atoms with Gasteiger partial charge in [0.05, 0.1) is 6.10 Å². The number of carbonyl (C=O) groups is 1. The van der Waals surface area contributed by atoms with Gasteiger partial charge in [0.25, 0.3) is 0 Å². The van der Waals surface area contributed by atoms with Gasteiger partial charge >= 0.3 is 0 Å². The van der Waals surface area contributed by atoms with Crippen molar-refractivity contribution in [3.8, 4) is 0 Å². The fourth-order valence-electron chi connectivity index (χ4n) is 3.78. The molecule has 1 heterocycles. The van der Waals surface area contributed by atoms with Crippen LogP contribution in [0, 0.1) is 5.41 Å². The number of hydrogen-bond donors (Lipinski definition) is 2. The molecule has 5 nitrogen and oxygen atoms in total. The van der Waals surface area contributed by atoms with Crippen molar-refractivity contribution in [2.45, 2.75) is 71.1 Å². The first-order chi connectivity index (χ1) is 10.3. The van der Waals surface area contributed by atoms with Crippen molar-refractivity contribution in [1.29, 1.82) is 0 Å². The number of nitrogens with zero attached hydrogens (tertiary/aromatic N) is 1. The Bertz CT molecular complexity index is 409. The monoisotopic (exact) mass is 383 g/mol. The maximum Gasteiger partial charge on any atom is 0.240 e. The SMILES string of the molecule is CCOC1CC(N)(C(=O)NCCN2CCCCC2C)C1(C)C.Cl.Cl. The van der Waals surface area contributed by atoms with Crippen LogP contribution in [0.4, 0.5) is 0 Å². The molecule has 144 valence electrons. The summed E-state index contributed by atoms with van der Waals surface area (Å²) in [5.41, 5.74) is 5.27. The first-order valence-electron chi connectivity index (χ1n) is 8.75. The van der Waals surface area contributed by atoms with E-state index < -0.39 is 5.54 Å². The van der Waals surface area contributed by atoms with Crippen LogP contribution in [0.1, 0.15) is 53.4 Å². The van der Waals surface area contributed by atoms with Crippen molar-refractivity contribution in [2.24, 2.45) is 11.1 Å². The van der Waals surface area contributed by atoms with Gasteiger partial charge in [-0.25, -0.2) is 0 Å². The molecule has 2 aliphatic rings. The van der Waals surface area contributed by atoms with Gasteiger partial charge in [0.2, 0.25) is 5.91 Å². The molecule has 1 saturated carbocycles. The van der Waals surface area contributed by atoms with E-state index in [9.17, 15) is 4.79 Å². The summed E-state index contributed by atoms with van der Waals surface area (Å²) in [5.74, 6) is -0.0295. The molecule has 0 radical (unpaired) electrons. The summed E-state index contributed by atoms with van der Waals surface area (Å²) >= 11 is 0. The van der Waals surface area contributed by atoms with Crippen LogP contribution in [-0.2, 0) is 9.53 Å². The zero-order chi connectivity index (χ0) is 16.4. The van der Waals surface area contributed by atoms with Crippen molar-refractivity contribution in [3.05, 3.63) is 0 Å². The van der Waals surface area contributed by atoms with Crippen molar-refractivity contribution >= 4 is 30.7 Å². The number of ether oxygens (including phenoxy) is 1. The van der Waals surface area contributed by atoms with Crippen molar-refractivity contribution in [3.63, 3.8) is 0 Å². The summed E-state index contributed by atoms with van der Waals surface area (Å²) in [4.78, 5) is 15.0.